The number of aromatic nitrogens is 1. The van der Waals surface area contributed by atoms with Crippen LogP contribution in [0, 0.1) is 5.92 Å². The van der Waals surface area contributed by atoms with E-state index in [-0.39, 0.29) is 0 Å². The van der Waals surface area contributed by atoms with Gasteiger partial charge in [-0.1, -0.05) is 6.92 Å². The summed E-state index contributed by atoms with van der Waals surface area (Å²) in [7, 11) is 0. The minimum atomic E-state index is -1.45. The Labute approximate surface area is 92.0 Å². The molecule has 0 spiro atoms. The second-order valence-corrected chi connectivity index (χ2v) is 5.16. The van der Waals surface area contributed by atoms with Crippen molar-refractivity contribution in [1.29, 1.82) is 0 Å². The van der Waals surface area contributed by atoms with E-state index in [0.717, 1.165) is 4.88 Å². The number of halogens is 1. The lowest BCUT2D eigenvalue weighted by molar-refractivity contribution is -0.141. The number of carboxylic acids is 1. The van der Waals surface area contributed by atoms with Crippen molar-refractivity contribution in [1.82, 2.24) is 4.98 Å². The predicted octanol–water partition coefficient (Wildman–Crippen LogP) is 2.61. The first-order chi connectivity index (χ1) is 6.80. The molecule has 0 radical (unpaired) electrons. The van der Waals surface area contributed by atoms with Crippen molar-refractivity contribution in [3.8, 4) is 0 Å². The monoisotopic (exact) mass is 231 g/mol. The van der Waals surface area contributed by atoms with Gasteiger partial charge in [-0.15, -0.1) is 11.3 Å². The molecule has 1 heterocycles. The Balaban J connectivity index is 2.73. The predicted molar refractivity (Wildman–Crippen MR) is 56.8 cm³/mol. The molecule has 1 aromatic heterocycles. The minimum Gasteiger partial charge on any atom is -0.481 e. The molecule has 84 valence electrons. The molecule has 1 aromatic rings. The summed E-state index contributed by atoms with van der Waals surface area (Å²) >= 11 is 1.24. The van der Waals surface area contributed by atoms with E-state index in [0.29, 0.717) is 11.4 Å². The summed E-state index contributed by atoms with van der Waals surface area (Å²) in [6.07, 6.45) is 1.96. The number of nitrogens with zero attached hydrogens (tertiary/aromatic N) is 1. The summed E-state index contributed by atoms with van der Waals surface area (Å²) in [5.74, 6) is -1.30. The lowest BCUT2D eigenvalue weighted by Gasteiger charge is -2.08. The highest BCUT2D eigenvalue weighted by Gasteiger charge is 2.23. The van der Waals surface area contributed by atoms with E-state index in [9.17, 15) is 9.18 Å². The Morgan fingerprint density at radius 3 is 2.73 bits per heavy atom. The Morgan fingerprint density at radius 1 is 1.73 bits per heavy atom. The molecular formula is C10H14FNO2S. The fourth-order valence-corrected chi connectivity index (χ4v) is 2.10. The van der Waals surface area contributed by atoms with E-state index < -0.39 is 17.6 Å². The maximum atomic E-state index is 13.5. The van der Waals surface area contributed by atoms with Crippen LogP contribution in [0.1, 0.15) is 30.7 Å². The molecule has 0 saturated carbocycles. The fourth-order valence-electron chi connectivity index (χ4n) is 1.07. The third-order valence-corrected chi connectivity index (χ3v) is 3.31. The molecule has 0 aliphatic rings. The van der Waals surface area contributed by atoms with E-state index in [4.69, 9.17) is 5.11 Å². The van der Waals surface area contributed by atoms with Crippen LogP contribution >= 0.6 is 11.3 Å². The summed E-state index contributed by atoms with van der Waals surface area (Å²) in [6, 6.07) is 0. The molecule has 0 aliphatic carbocycles. The topological polar surface area (TPSA) is 50.2 Å². The maximum absolute atomic E-state index is 13.5. The van der Waals surface area contributed by atoms with Crippen LogP contribution in [0.2, 0.25) is 0 Å². The second kappa shape index (κ2) is 4.26. The van der Waals surface area contributed by atoms with Crippen LogP contribution in [0.15, 0.2) is 6.20 Å². The van der Waals surface area contributed by atoms with Gasteiger partial charge in [-0.3, -0.25) is 4.79 Å². The normalized spacial score (nSPS) is 13.9. The largest absolute Gasteiger partial charge is 0.481 e. The van der Waals surface area contributed by atoms with Crippen molar-refractivity contribution in [2.45, 2.75) is 32.9 Å². The molecule has 0 saturated heterocycles. The number of thiazole rings is 1. The lowest BCUT2D eigenvalue weighted by Crippen LogP contribution is -2.11. The summed E-state index contributed by atoms with van der Waals surface area (Å²) in [5.41, 5.74) is -1.45. The molecule has 1 N–H and O–H groups in total. The Morgan fingerprint density at radius 2 is 2.33 bits per heavy atom. The molecule has 15 heavy (non-hydrogen) atoms. The number of carbonyl (C=O) groups is 1. The number of alkyl halides is 1. The van der Waals surface area contributed by atoms with Crippen LogP contribution in [0.5, 0.6) is 0 Å². The van der Waals surface area contributed by atoms with Gasteiger partial charge in [-0.2, -0.15) is 0 Å². The van der Waals surface area contributed by atoms with Crippen molar-refractivity contribution in [3.05, 3.63) is 16.1 Å². The van der Waals surface area contributed by atoms with Gasteiger partial charge in [0.05, 0.1) is 5.92 Å². The number of carboxylic acid groups (broad SMARTS) is 1. The summed E-state index contributed by atoms with van der Waals surface area (Å²) in [4.78, 5) is 15.4. The first-order valence-electron chi connectivity index (χ1n) is 4.67. The van der Waals surface area contributed by atoms with E-state index in [1.807, 2.05) is 0 Å². The molecule has 0 aliphatic heterocycles. The van der Waals surface area contributed by atoms with Gasteiger partial charge in [0.25, 0.3) is 0 Å². The van der Waals surface area contributed by atoms with Crippen LogP contribution in [0.4, 0.5) is 4.39 Å². The fraction of sp³-hybridized carbons (Fsp3) is 0.600. The highest BCUT2D eigenvalue weighted by molar-refractivity contribution is 7.11. The number of hydrogen-bond acceptors (Lipinski definition) is 3. The standard InChI is InChI=1S/C10H14FNO2S/c1-6(8(13)14)4-7-5-12-9(15-7)10(2,3)11/h5-6H,4H2,1-3H3,(H,13,14). The first-order valence-corrected chi connectivity index (χ1v) is 5.49. The third-order valence-electron chi connectivity index (χ3n) is 1.99. The Hall–Kier alpha value is -0.970. The van der Waals surface area contributed by atoms with Gasteiger partial charge >= 0.3 is 5.97 Å². The van der Waals surface area contributed by atoms with Gasteiger partial charge in [-0.05, 0) is 20.3 Å². The summed E-state index contributed by atoms with van der Waals surface area (Å²) in [5, 5.41) is 9.12. The lowest BCUT2D eigenvalue weighted by atomic mass is 10.1. The molecule has 1 atom stereocenters. The quantitative estimate of drug-likeness (QED) is 0.866. The zero-order chi connectivity index (χ0) is 11.6. The van der Waals surface area contributed by atoms with E-state index in [1.165, 1.54) is 25.2 Å². The van der Waals surface area contributed by atoms with Gasteiger partial charge in [0, 0.05) is 11.1 Å². The van der Waals surface area contributed by atoms with Crippen LogP contribution in [0.3, 0.4) is 0 Å². The van der Waals surface area contributed by atoms with E-state index in [2.05, 4.69) is 4.98 Å². The van der Waals surface area contributed by atoms with Crippen molar-refractivity contribution in [3.63, 3.8) is 0 Å². The second-order valence-electron chi connectivity index (χ2n) is 4.05. The molecule has 0 aromatic carbocycles. The Bertz CT molecular complexity index is 357. The number of rotatable bonds is 4. The van der Waals surface area contributed by atoms with Gasteiger partial charge in [0.2, 0.25) is 0 Å². The van der Waals surface area contributed by atoms with Crippen LogP contribution in [-0.4, -0.2) is 16.1 Å². The van der Waals surface area contributed by atoms with E-state index >= 15 is 0 Å². The third kappa shape index (κ3) is 3.27. The first kappa shape index (κ1) is 12.1. The van der Waals surface area contributed by atoms with Gasteiger partial charge in [0.1, 0.15) is 5.01 Å². The molecule has 0 fully saturated rings. The molecule has 5 heteroatoms. The SMILES string of the molecule is CC(Cc1cnc(C(C)(C)F)s1)C(=O)O. The number of aliphatic carboxylic acids is 1. The summed E-state index contributed by atoms with van der Waals surface area (Å²) < 4.78 is 13.5. The van der Waals surface area contributed by atoms with Crippen LogP contribution < -0.4 is 0 Å². The molecule has 0 bridgehead atoms. The Kier molecular flexibility index (Phi) is 3.44. The summed E-state index contributed by atoms with van der Waals surface area (Å²) in [6.45, 7) is 4.51. The van der Waals surface area contributed by atoms with Crippen molar-refractivity contribution in [2.24, 2.45) is 5.92 Å². The molecule has 1 rings (SSSR count). The van der Waals surface area contributed by atoms with Gasteiger partial charge in [-0.25, -0.2) is 9.37 Å². The van der Waals surface area contributed by atoms with E-state index in [1.54, 1.807) is 13.1 Å². The highest BCUT2D eigenvalue weighted by Crippen LogP contribution is 2.29. The smallest absolute Gasteiger partial charge is 0.306 e. The molecule has 0 amide bonds. The van der Waals surface area contributed by atoms with Crippen LogP contribution in [0.25, 0.3) is 0 Å². The highest BCUT2D eigenvalue weighted by atomic mass is 32.1. The zero-order valence-electron chi connectivity index (χ0n) is 8.95. The van der Waals surface area contributed by atoms with Crippen molar-refractivity contribution >= 4 is 17.3 Å². The van der Waals surface area contributed by atoms with Gasteiger partial charge in [0.15, 0.2) is 5.67 Å². The molecular weight excluding hydrogens is 217 g/mol. The number of hydrogen-bond donors (Lipinski definition) is 1. The minimum absolute atomic E-state index is 0.398. The van der Waals surface area contributed by atoms with Crippen LogP contribution in [-0.2, 0) is 16.9 Å². The maximum Gasteiger partial charge on any atom is 0.306 e. The average molecular weight is 231 g/mol. The van der Waals surface area contributed by atoms with Crippen molar-refractivity contribution < 1.29 is 14.3 Å². The molecule has 3 nitrogen and oxygen atoms in total. The van der Waals surface area contributed by atoms with Crippen molar-refractivity contribution in [2.75, 3.05) is 0 Å². The van der Waals surface area contributed by atoms with Gasteiger partial charge < -0.3 is 5.11 Å². The average Bonchev–Trinajstić information content (AvgIpc) is 2.51. The zero-order valence-corrected chi connectivity index (χ0v) is 9.77. The molecule has 1 unspecified atom stereocenters.